The third kappa shape index (κ3) is 5.95. The first-order chi connectivity index (χ1) is 12.9. The largest absolute Gasteiger partial charge is 0.452 e. The summed E-state index contributed by atoms with van der Waals surface area (Å²) in [5, 5.41) is 5.45. The fourth-order valence-electron chi connectivity index (χ4n) is 2.38. The number of hydrogen-bond donors (Lipinski definition) is 2. The quantitative estimate of drug-likeness (QED) is 0.734. The van der Waals surface area contributed by atoms with Gasteiger partial charge in [-0.25, -0.2) is 4.79 Å². The highest BCUT2D eigenvalue weighted by Crippen LogP contribution is 2.18. The van der Waals surface area contributed by atoms with Gasteiger partial charge in [0.25, 0.3) is 11.8 Å². The summed E-state index contributed by atoms with van der Waals surface area (Å²) in [7, 11) is 0. The average molecular weight is 368 g/mol. The second-order valence-electron chi connectivity index (χ2n) is 6.32. The Morgan fingerprint density at radius 2 is 1.81 bits per heavy atom. The number of aryl methyl sites for hydroxylation is 1. The number of hydrogen-bond acceptors (Lipinski definition) is 4. The van der Waals surface area contributed by atoms with Crippen molar-refractivity contribution in [1.82, 2.24) is 5.32 Å². The zero-order valence-corrected chi connectivity index (χ0v) is 15.7. The molecule has 0 aromatic heterocycles. The predicted octanol–water partition coefficient (Wildman–Crippen LogP) is 3.32. The highest BCUT2D eigenvalue weighted by molar-refractivity contribution is 6.08. The molecule has 2 aromatic rings. The minimum absolute atomic E-state index is 0.0112. The van der Waals surface area contributed by atoms with E-state index in [9.17, 15) is 14.4 Å². The molecule has 142 valence electrons. The van der Waals surface area contributed by atoms with Gasteiger partial charge >= 0.3 is 5.97 Å². The first-order valence-electron chi connectivity index (χ1n) is 8.84. The first kappa shape index (κ1) is 20.2. The molecule has 2 amide bonds. The van der Waals surface area contributed by atoms with Gasteiger partial charge in [0.2, 0.25) is 0 Å². The van der Waals surface area contributed by atoms with E-state index in [4.69, 9.17) is 4.74 Å². The van der Waals surface area contributed by atoms with Crippen molar-refractivity contribution in [2.45, 2.75) is 33.2 Å². The molecule has 0 fully saturated rings. The lowest BCUT2D eigenvalue weighted by molar-refractivity contribution is -0.124. The smallest absolute Gasteiger partial charge is 0.340 e. The Hall–Kier alpha value is -3.15. The second kappa shape index (κ2) is 9.52. The van der Waals surface area contributed by atoms with Crippen molar-refractivity contribution in [3.63, 3.8) is 0 Å². The van der Waals surface area contributed by atoms with Crippen LogP contribution in [0.15, 0.2) is 48.5 Å². The van der Waals surface area contributed by atoms with Crippen molar-refractivity contribution >= 4 is 23.5 Å². The van der Waals surface area contributed by atoms with Crippen LogP contribution in [0.3, 0.4) is 0 Å². The van der Waals surface area contributed by atoms with E-state index in [1.54, 1.807) is 42.5 Å². The summed E-state index contributed by atoms with van der Waals surface area (Å²) >= 11 is 0. The van der Waals surface area contributed by atoms with E-state index in [2.05, 4.69) is 10.6 Å². The molecular weight excluding hydrogens is 344 g/mol. The molecule has 0 bridgehead atoms. The number of ether oxygens (including phenoxy) is 1. The molecule has 6 nitrogen and oxygen atoms in total. The van der Waals surface area contributed by atoms with Gasteiger partial charge in [0.05, 0.1) is 11.3 Å². The fourth-order valence-corrected chi connectivity index (χ4v) is 2.38. The Morgan fingerprint density at radius 1 is 1.07 bits per heavy atom. The summed E-state index contributed by atoms with van der Waals surface area (Å²) in [6.45, 7) is 5.34. The van der Waals surface area contributed by atoms with E-state index in [0.29, 0.717) is 11.3 Å². The Balaban J connectivity index is 2.05. The van der Waals surface area contributed by atoms with E-state index in [-0.39, 0.29) is 30.0 Å². The molecule has 1 atom stereocenters. The van der Waals surface area contributed by atoms with E-state index in [1.165, 1.54) is 0 Å². The van der Waals surface area contributed by atoms with Crippen molar-refractivity contribution in [3.05, 3.63) is 65.2 Å². The van der Waals surface area contributed by atoms with Crippen LogP contribution < -0.4 is 10.6 Å². The van der Waals surface area contributed by atoms with Gasteiger partial charge in [-0.05, 0) is 44.5 Å². The number of carbonyl (C=O) groups is 3. The van der Waals surface area contributed by atoms with E-state index in [0.717, 1.165) is 12.0 Å². The monoisotopic (exact) mass is 368 g/mol. The number of amides is 2. The summed E-state index contributed by atoms with van der Waals surface area (Å²) in [5.74, 6) is -1.36. The Labute approximate surface area is 158 Å². The van der Waals surface area contributed by atoms with Gasteiger partial charge in [-0.15, -0.1) is 0 Å². The number of benzene rings is 2. The molecule has 6 heteroatoms. The number of anilines is 1. The third-order valence-corrected chi connectivity index (χ3v) is 4.03. The molecule has 0 spiro atoms. The van der Waals surface area contributed by atoms with Crippen LogP contribution in [0.5, 0.6) is 0 Å². The van der Waals surface area contributed by atoms with Crippen molar-refractivity contribution in [1.29, 1.82) is 0 Å². The summed E-state index contributed by atoms with van der Waals surface area (Å²) in [6, 6.07) is 13.7. The van der Waals surface area contributed by atoms with Crippen molar-refractivity contribution in [3.8, 4) is 0 Å². The van der Waals surface area contributed by atoms with E-state index >= 15 is 0 Å². The topological polar surface area (TPSA) is 84.5 Å². The van der Waals surface area contributed by atoms with Gasteiger partial charge < -0.3 is 15.4 Å². The van der Waals surface area contributed by atoms with Crippen LogP contribution >= 0.6 is 0 Å². The van der Waals surface area contributed by atoms with Crippen LogP contribution in [0.1, 0.15) is 46.5 Å². The van der Waals surface area contributed by atoms with Crippen molar-refractivity contribution < 1.29 is 19.1 Å². The molecule has 0 heterocycles. The van der Waals surface area contributed by atoms with Gasteiger partial charge in [0.1, 0.15) is 0 Å². The molecule has 0 aliphatic heterocycles. The maximum absolute atomic E-state index is 12.4. The maximum atomic E-state index is 12.4. The number of carbonyl (C=O) groups excluding carboxylic acids is 3. The third-order valence-electron chi connectivity index (χ3n) is 4.03. The van der Waals surface area contributed by atoms with Crippen molar-refractivity contribution in [2.24, 2.45) is 0 Å². The standard InChI is InChI=1S/C21H24N2O4/c1-4-15(3)22-19(24)13-27-21(26)17-10-5-6-11-18(17)23-20(25)16-9-7-8-14(2)12-16/h5-12,15H,4,13H2,1-3H3,(H,22,24)(H,23,25)/t15-/m0/s1. The predicted molar refractivity (Wildman–Crippen MR) is 104 cm³/mol. The lowest BCUT2D eigenvalue weighted by Gasteiger charge is -2.13. The second-order valence-corrected chi connectivity index (χ2v) is 6.32. The molecular formula is C21H24N2O4. The lowest BCUT2D eigenvalue weighted by Crippen LogP contribution is -2.35. The molecule has 2 N–H and O–H groups in total. The number of nitrogens with one attached hydrogen (secondary N) is 2. The Morgan fingerprint density at radius 3 is 2.52 bits per heavy atom. The summed E-state index contributed by atoms with van der Waals surface area (Å²) in [6.07, 6.45) is 0.785. The minimum Gasteiger partial charge on any atom is -0.452 e. The summed E-state index contributed by atoms with van der Waals surface area (Å²) in [4.78, 5) is 36.5. The fraction of sp³-hybridized carbons (Fsp3) is 0.286. The molecule has 27 heavy (non-hydrogen) atoms. The maximum Gasteiger partial charge on any atom is 0.340 e. The van der Waals surface area contributed by atoms with Crippen LogP contribution in [0.25, 0.3) is 0 Å². The zero-order valence-electron chi connectivity index (χ0n) is 15.7. The number of esters is 1. The van der Waals surface area contributed by atoms with Crippen LogP contribution in [-0.2, 0) is 9.53 Å². The molecule has 2 aromatic carbocycles. The summed E-state index contributed by atoms with van der Waals surface area (Å²) in [5.41, 5.74) is 1.97. The Bertz CT molecular complexity index is 832. The van der Waals surface area contributed by atoms with Crippen LogP contribution in [0, 0.1) is 6.92 Å². The highest BCUT2D eigenvalue weighted by atomic mass is 16.5. The van der Waals surface area contributed by atoms with Gasteiger partial charge in [0.15, 0.2) is 6.61 Å². The molecule has 0 saturated heterocycles. The van der Waals surface area contributed by atoms with Gasteiger partial charge in [-0.2, -0.15) is 0 Å². The molecule has 0 saturated carbocycles. The summed E-state index contributed by atoms with van der Waals surface area (Å²) < 4.78 is 5.08. The SMILES string of the molecule is CC[C@H](C)NC(=O)COC(=O)c1ccccc1NC(=O)c1cccc(C)c1. The average Bonchev–Trinajstić information content (AvgIpc) is 2.66. The Kier molecular flexibility index (Phi) is 7.11. The van der Waals surface area contributed by atoms with Crippen LogP contribution in [0.4, 0.5) is 5.69 Å². The number of para-hydroxylation sites is 1. The van der Waals surface area contributed by atoms with Crippen LogP contribution in [0.2, 0.25) is 0 Å². The van der Waals surface area contributed by atoms with Gasteiger partial charge in [-0.3, -0.25) is 9.59 Å². The first-order valence-corrected chi connectivity index (χ1v) is 8.84. The lowest BCUT2D eigenvalue weighted by atomic mass is 10.1. The molecule has 2 rings (SSSR count). The molecule has 0 radical (unpaired) electrons. The normalized spacial score (nSPS) is 11.4. The van der Waals surface area contributed by atoms with Crippen molar-refractivity contribution in [2.75, 3.05) is 11.9 Å². The minimum atomic E-state index is -0.672. The van der Waals surface area contributed by atoms with Gasteiger partial charge in [0, 0.05) is 11.6 Å². The molecule has 0 aliphatic rings. The number of rotatable bonds is 7. The van der Waals surface area contributed by atoms with Gasteiger partial charge in [-0.1, -0.05) is 36.8 Å². The highest BCUT2D eigenvalue weighted by Gasteiger charge is 2.17. The molecule has 0 unspecified atom stereocenters. The zero-order chi connectivity index (χ0) is 19.8. The van der Waals surface area contributed by atoms with Crippen LogP contribution in [-0.4, -0.2) is 30.4 Å². The van der Waals surface area contributed by atoms with E-state index < -0.39 is 5.97 Å². The molecule has 0 aliphatic carbocycles. The van der Waals surface area contributed by atoms with E-state index in [1.807, 2.05) is 26.8 Å².